The van der Waals surface area contributed by atoms with Crippen molar-refractivity contribution in [2.24, 2.45) is 0 Å². The van der Waals surface area contributed by atoms with Crippen LogP contribution < -0.4 is 4.74 Å². The zero-order valence-corrected chi connectivity index (χ0v) is 13.9. The highest BCUT2D eigenvalue weighted by molar-refractivity contribution is 5.90. The van der Waals surface area contributed by atoms with Gasteiger partial charge in [-0.3, -0.25) is 0 Å². The quantitative estimate of drug-likeness (QED) is 0.573. The van der Waals surface area contributed by atoms with E-state index in [1.807, 2.05) is 30.3 Å². The van der Waals surface area contributed by atoms with Gasteiger partial charge in [-0.1, -0.05) is 30.3 Å². The van der Waals surface area contributed by atoms with E-state index in [1.54, 1.807) is 12.1 Å². The Morgan fingerprint density at radius 1 is 1.04 bits per heavy atom. The van der Waals surface area contributed by atoms with Gasteiger partial charge < -0.3 is 14.6 Å². The molecule has 3 rings (SSSR count). The maximum absolute atomic E-state index is 12.2. The number of aromatic nitrogens is 2. The van der Waals surface area contributed by atoms with Crippen molar-refractivity contribution < 1.29 is 24.2 Å². The minimum absolute atomic E-state index is 0.265. The molecule has 1 heterocycles. The highest BCUT2D eigenvalue weighted by atomic mass is 16.6. The number of ether oxygens (including phenoxy) is 2. The van der Waals surface area contributed by atoms with Crippen molar-refractivity contribution in [3.05, 3.63) is 78.9 Å². The molecule has 0 aliphatic rings. The van der Waals surface area contributed by atoms with Crippen LogP contribution in [0.3, 0.4) is 0 Å². The molecule has 0 saturated carbocycles. The zero-order valence-electron chi connectivity index (χ0n) is 13.9. The molecular weight excluding hydrogens is 336 g/mol. The summed E-state index contributed by atoms with van der Waals surface area (Å²) in [5.41, 5.74) is -1.73. The molecule has 26 heavy (non-hydrogen) atoms. The smallest absolute Gasteiger partial charge is 0.427 e. The maximum Gasteiger partial charge on any atom is 0.427 e. The Hall–Kier alpha value is -3.45. The number of imidazole rings is 1. The Bertz CT molecular complexity index is 887. The fourth-order valence-corrected chi connectivity index (χ4v) is 2.19. The van der Waals surface area contributed by atoms with Crippen molar-refractivity contribution in [2.75, 3.05) is 0 Å². The Labute approximate surface area is 149 Å². The van der Waals surface area contributed by atoms with Crippen LogP contribution in [0, 0.1) is 0 Å². The normalized spacial score (nSPS) is 12.8. The second-order valence-electron chi connectivity index (χ2n) is 5.64. The number of rotatable bonds is 4. The molecule has 132 valence electrons. The molecule has 0 radical (unpaired) electrons. The molecule has 0 aliphatic carbocycles. The van der Waals surface area contributed by atoms with E-state index in [0.717, 1.165) is 4.57 Å². The monoisotopic (exact) mass is 352 g/mol. The molecule has 7 heteroatoms. The summed E-state index contributed by atoms with van der Waals surface area (Å²) in [5, 5.41) is 10.5. The van der Waals surface area contributed by atoms with Gasteiger partial charge in [-0.05, 0) is 36.8 Å². The predicted octanol–water partition coefficient (Wildman–Crippen LogP) is 3.09. The van der Waals surface area contributed by atoms with Crippen LogP contribution in [0.15, 0.2) is 73.3 Å². The third-order valence-corrected chi connectivity index (χ3v) is 3.69. The molecule has 1 unspecified atom stereocenters. The Balaban J connectivity index is 1.70. The molecular formula is C19H16N2O5. The number of carbonyl (C=O) groups excluding carboxylic acids is 2. The lowest BCUT2D eigenvalue weighted by Crippen LogP contribution is -2.36. The number of benzene rings is 2. The molecule has 1 N–H and O–H groups in total. The zero-order chi connectivity index (χ0) is 18.6. The molecule has 0 amide bonds. The average Bonchev–Trinajstić information content (AvgIpc) is 3.18. The summed E-state index contributed by atoms with van der Waals surface area (Å²) in [6, 6.07) is 15.5. The van der Waals surface area contributed by atoms with Crippen molar-refractivity contribution in [1.82, 2.24) is 9.55 Å². The van der Waals surface area contributed by atoms with Gasteiger partial charge in [0.1, 0.15) is 17.8 Å². The van der Waals surface area contributed by atoms with Gasteiger partial charge in [0.25, 0.3) is 0 Å². The Kier molecular flexibility index (Phi) is 4.81. The molecule has 1 atom stereocenters. The fourth-order valence-electron chi connectivity index (χ4n) is 2.19. The van der Waals surface area contributed by atoms with Gasteiger partial charge in [0.2, 0.25) is 0 Å². The van der Waals surface area contributed by atoms with Gasteiger partial charge in [0.05, 0.1) is 0 Å². The summed E-state index contributed by atoms with van der Waals surface area (Å²) < 4.78 is 11.4. The van der Waals surface area contributed by atoms with Gasteiger partial charge in [-0.15, -0.1) is 0 Å². The minimum atomic E-state index is -2.00. The van der Waals surface area contributed by atoms with Gasteiger partial charge in [-0.25, -0.2) is 19.1 Å². The van der Waals surface area contributed by atoms with Gasteiger partial charge in [-0.2, -0.15) is 0 Å². The van der Waals surface area contributed by atoms with E-state index in [2.05, 4.69) is 4.98 Å². The number of aliphatic hydroxyl groups is 1. The summed E-state index contributed by atoms with van der Waals surface area (Å²) in [5.74, 6) is 0.115. The Morgan fingerprint density at radius 2 is 1.69 bits per heavy atom. The van der Waals surface area contributed by atoms with Gasteiger partial charge >= 0.3 is 12.1 Å². The maximum atomic E-state index is 12.2. The summed E-state index contributed by atoms with van der Waals surface area (Å²) in [7, 11) is 0. The molecule has 2 aromatic carbocycles. The predicted molar refractivity (Wildman–Crippen MR) is 91.6 cm³/mol. The summed E-state index contributed by atoms with van der Waals surface area (Å²) in [6.45, 7) is 1.25. The second-order valence-corrected chi connectivity index (χ2v) is 5.64. The third kappa shape index (κ3) is 3.79. The molecule has 3 aromatic rings. The lowest BCUT2D eigenvalue weighted by molar-refractivity contribution is -0.157. The molecule has 0 saturated heterocycles. The lowest BCUT2D eigenvalue weighted by atomic mass is 9.96. The molecule has 0 bridgehead atoms. The number of esters is 1. The molecule has 0 fully saturated rings. The Morgan fingerprint density at radius 3 is 2.31 bits per heavy atom. The van der Waals surface area contributed by atoms with E-state index in [-0.39, 0.29) is 5.56 Å². The van der Waals surface area contributed by atoms with Crippen LogP contribution >= 0.6 is 0 Å². The van der Waals surface area contributed by atoms with E-state index in [4.69, 9.17) is 9.47 Å². The van der Waals surface area contributed by atoms with E-state index in [1.165, 1.54) is 37.8 Å². The first-order valence-electron chi connectivity index (χ1n) is 7.77. The summed E-state index contributed by atoms with van der Waals surface area (Å²) >= 11 is 0. The van der Waals surface area contributed by atoms with Crippen molar-refractivity contribution in [2.45, 2.75) is 12.5 Å². The van der Waals surface area contributed by atoms with Crippen molar-refractivity contribution in [3.63, 3.8) is 0 Å². The van der Waals surface area contributed by atoms with Crippen LogP contribution in [0.25, 0.3) is 0 Å². The first-order chi connectivity index (χ1) is 12.5. The number of carbonyl (C=O) groups is 2. The number of hydrogen-bond acceptors (Lipinski definition) is 6. The summed E-state index contributed by atoms with van der Waals surface area (Å²) in [4.78, 5) is 27.7. The minimum Gasteiger partial charge on any atom is -0.457 e. The first-order valence-corrected chi connectivity index (χ1v) is 7.77. The number of para-hydroxylation sites is 1. The van der Waals surface area contributed by atoms with Crippen molar-refractivity contribution in [3.8, 4) is 11.5 Å². The van der Waals surface area contributed by atoms with Crippen molar-refractivity contribution in [1.29, 1.82) is 0 Å². The molecule has 0 spiro atoms. The van der Waals surface area contributed by atoms with E-state index in [9.17, 15) is 14.7 Å². The number of nitrogens with zero attached hydrogens (tertiary/aromatic N) is 2. The fraction of sp³-hybridized carbons (Fsp3) is 0.105. The number of hydrogen-bond donors (Lipinski definition) is 1. The highest BCUT2D eigenvalue weighted by Gasteiger charge is 2.36. The van der Waals surface area contributed by atoms with Crippen LogP contribution in [0.2, 0.25) is 0 Å². The van der Waals surface area contributed by atoms with Crippen LogP contribution in [0.4, 0.5) is 4.79 Å². The standard InChI is InChI=1S/C19H16N2O5/c1-19(24,17(22)26-18(23)21-12-11-20-13-21)14-7-9-16(10-8-14)25-15-5-3-2-4-6-15/h2-13,24H,1H3. The molecule has 1 aromatic heterocycles. The van der Waals surface area contributed by atoms with Crippen LogP contribution in [-0.4, -0.2) is 26.7 Å². The van der Waals surface area contributed by atoms with E-state index in [0.29, 0.717) is 11.5 Å². The van der Waals surface area contributed by atoms with Gasteiger partial charge in [0, 0.05) is 12.4 Å². The second kappa shape index (κ2) is 7.20. The van der Waals surface area contributed by atoms with Crippen LogP contribution in [0.1, 0.15) is 12.5 Å². The topological polar surface area (TPSA) is 90.7 Å². The third-order valence-electron chi connectivity index (χ3n) is 3.69. The molecule has 7 nitrogen and oxygen atoms in total. The largest absolute Gasteiger partial charge is 0.457 e. The van der Waals surface area contributed by atoms with Gasteiger partial charge in [0.15, 0.2) is 5.60 Å². The SMILES string of the molecule is CC(O)(C(=O)OC(=O)n1ccnc1)c1ccc(Oc2ccccc2)cc1. The van der Waals surface area contributed by atoms with Crippen LogP contribution in [-0.2, 0) is 15.1 Å². The molecule has 0 aliphatic heterocycles. The first kappa shape index (κ1) is 17.4. The van der Waals surface area contributed by atoms with Crippen molar-refractivity contribution >= 4 is 12.1 Å². The van der Waals surface area contributed by atoms with E-state index >= 15 is 0 Å². The van der Waals surface area contributed by atoms with E-state index < -0.39 is 17.7 Å². The summed E-state index contributed by atoms with van der Waals surface area (Å²) in [6.07, 6.45) is 2.95. The lowest BCUT2D eigenvalue weighted by Gasteiger charge is -2.21. The average molecular weight is 352 g/mol. The highest BCUT2D eigenvalue weighted by Crippen LogP contribution is 2.27. The van der Waals surface area contributed by atoms with Crippen LogP contribution in [0.5, 0.6) is 11.5 Å².